The standard InChI is InChI=1S/C52H56N6/c1-31-25-35(5)51(36(6)26-31)55-41(11)49-17-13-15-47(57-49)39(9)53-45-23-21-43(33(3)29-45)19-20-44-22-24-46(30-34(44)4)54-40(10)48-16-14-18-50(58-48)42(12)56-52-37(7)27-32(2)28-38(52)8/h13-18,21-30H,19-20H2,1-12H3/b53-39+,54-40+,55-41+,56-42+. The second-order valence-corrected chi connectivity index (χ2v) is 15.8. The molecule has 0 aliphatic carbocycles. The van der Waals surface area contributed by atoms with E-state index in [0.29, 0.717) is 0 Å². The highest BCUT2D eigenvalue weighted by atomic mass is 14.8. The van der Waals surface area contributed by atoms with E-state index in [1.54, 1.807) is 0 Å². The largest absolute Gasteiger partial charge is 0.252 e. The predicted octanol–water partition coefficient (Wildman–Crippen LogP) is 13.3. The third-order valence-corrected chi connectivity index (χ3v) is 10.7. The van der Waals surface area contributed by atoms with Gasteiger partial charge in [0.15, 0.2) is 0 Å². The van der Waals surface area contributed by atoms with E-state index >= 15 is 0 Å². The average Bonchev–Trinajstić information content (AvgIpc) is 3.17. The third-order valence-electron chi connectivity index (χ3n) is 10.7. The van der Waals surface area contributed by atoms with Crippen molar-refractivity contribution in [2.24, 2.45) is 20.0 Å². The predicted molar refractivity (Wildman–Crippen MR) is 247 cm³/mol. The van der Waals surface area contributed by atoms with Crippen LogP contribution in [-0.4, -0.2) is 32.8 Å². The molecule has 0 fully saturated rings. The Morgan fingerprint density at radius 3 is 1.00 bits per heavy atom. The van der Waals surface area contributed by atoms with Gasteiger partial charge in [-0.1, -0.05) is 59.7 Å². The van der Waals surface area contributed by atoms with Gasteiger partial charge in [-0.2, -0.15) is 0 Å². The zero-order valence-electron chi connectivity index (χ0n) is 36.3. The number of nitrogens with zero attached hydrogens (tertiary/aromatic N) is 6. The smallest absolute Gasteiger partial charge is 0.0849 e. The van der Waals surface area contributed by atoms with Crippen molar-refractivity contribution in [3.05, 3.63) is 175 Å². The van der Waals surface area contributed by atoms with Crippen LogP contribution in [0.1, 0.15) is 106 Å². The van der Waals surface area contributed by atoms with E-state index in [-0.39, 0.29) is 0 Å². The summed E-state index contributed by atoms with van der Waals surface area (Å²) in [5, 5.41) is 0. The summed E-state index contributed by atoms with van der Waals surface area (Å²) in [5.41, 5.74) is 23.1. The summed E-state index contributed by atoms with van der Waals surface area (Å²) < 4.78 is 0. The second kappa shape index (κ2) is 18.0. The minimum absolute atomic E-state index is 0.845. The molecule has 6 rings (SSSR count). The molecule has 0 spiro atoms. The van der Waals surface area contributed by atoms with Gasteiger partial charge in [0.25, 0.3) is 0 Å². The van der Waals surface area contributed by atoms with Gasteiger partial charge in [0.05, 0.1) is 68.4 Å². The van der Waals surface area contributed by atoms with Gasteiger partial charge >= 0.3 is 0 Å². The molecule has 0 amide bonds. The van der Waals surface area contributed by atoms with Gasteiger partial charge in [-0.15, -0.1) is 0 Å². The van der Waals surface area contributed by atoms with Gasteiger partial charge in [-0.05, 0) is 189 Å². The summed E-state index contributed by atoms with van der Waals surface area (Å²) in [7, 11) is 0. The topological polar surface area (TPSA) is 75.2 Å². The Morgan fingerprint density at radius 1 is 0.379 bits per heavy atom. The fourth-order valence-electron chi connectivity index (χ4n) is 7.65. The maximum atomic E-state index is 4.97. The first kappa shape index (κ1) is 41.5. The first-order valence-electron chi connectivity index (χ1n) is 20.2. The normalized spacial score (nSPS) is 12.7. The molecular weight excluding hydrogens is 709 g/mol. The highest BCUT2D eigenvalue weighted by molar-refractivity contribution is 6.03. The minimum Gasteiger partial charge on any atom is -0.252 e. The fraction of sp³-hybridized carbons (Fsp3) is 0.269. The summed E-state index contributed by atoms with van der Waals surface area (Å²) in [6, 6.07) is 33.8. The maximum absolute atomic E-state index is 4.97. The molecule has 0 aliphatic heterocycles. The van der Waals surface area contributed by atoms with Crippen LogP contribution in [0, 0.1) is 55.4 Å². The van der Waals surface area contributed by atoms with Gasteiger partial charge in [0.2, 0.25) is 0 Å². The number of hydrogen-bond acceptors (Lipinski definition) is 6. The van der Waals surface area contributed by atoms with E-state index in [1.807, 2.05) is 64.1 Å². The maximum Gasteiger partial charge on any atom is 0.0849 e. The van der Waals surface area contributed by atoms with Crippen LogP contribution in [0.5, 0.6) is 0 Å². The third kappa shape index (κ3) is 10.0. The summed E-state index contributed by atoms with van der Waals surface area (Å²) in [5.74, 6) is 0. The molecule has 6 nitrogen and oxygen atoms in total. The Bertz CT molecular complexity index is 2410. The molecule has 2 aromatic heterocycles. The number of rotatable bonds is 11. The van der Waals surface area contributed by atoms with Crippen LogP contribution in [0.2, 0.25) is 0 Å². The Kier molecular flexibility index (Phi) is 12.9. The zero-order chi connectivity index (χ0) is 41.7. The van der Waals surface area contributed by atoms with Crippen LogP contribution in [0.25, 0.3) is 0 Å². The van der Waals surface area contributed by atoms with Crippen molar-refractivity contribution in [2.45, 2.75) is 95.9 Å². The molecule has 2 heterocycles. The average molecular weight is 765 g/mol. The highest BCUT2D eigenvalue weighted by Crippen LogP contribution is 2.28. The Labute approximate surface area is 345 Å². The SMILES string of the molecule is C/C(=N\c1ccc(CCc2ccc(/N=C(\C)c3cccc(/C(C)=N/c4c(C)cc(C)cc4C)n3)cc2C)c(C)c1)c1cccc(/C(C)=N/c2c(C)cc(C)cc2C)n1. The number of hydrogen-bond donors (Lipinski definition) is 0. The van der Waals surface area contributed by atoms with Crippen LogP contribution in [0.15, 0.2) is 117 Å². The van der Waals surface area contributed by atoms with Crippen LogP contribution >= 0.6 is 0 Å². The summed E-state index contributed by atoms with van der Waals surface area (Å²) in [4.78, 5) is 29.8. The van der Waals surface area contributed by atoms with E-state index in [9.17, 15) is 0 Å². The summed E-state index contributed by atoms with van der Waals surface area (Å²) in [6.07, 6.45) is 1.89. The molecule has 0 N–H and O–H groups in total. The van der Waals surface area contributed by atoms with E-state index in [1.165, 1.54) is 55.6 Å². The number of aromatic nitrogens is 2. The minimum atomic E-state index is 0.845. The van der Waals surface area contributed by atoms with Crippen molar-refractivity contribution in [3.8, 4) is 0 Å². The van der Waals surface area contributed by atoms with Crippen LogP contribution in [-0.2, 0) is 12.8 Å². The fourth-order valence-corrected chi connectivity index (χ4v) is 7.65. The van der Waals surface area contributed by atoms with Gasteiger partial charge in [0.1, 0.15) is 0 Å². The second-order valence-electron chi connectivity index (χ2n) is 15.8. The lowest BCUT2D eigenvalue weighted by molar-refractivity contribution is 0.939. The molecule has 0 radical (unpaired) electrons. The molecule has 294 valence electrons. The molecule has 6 heteroatoms. The summed E-state index contributed by atoms with van der Waals surface area (Å²) in [6.45, 7) is 25.1. The van der Waals surface area contributed by atoms with E-state index < -0.39 is 0 Å². The molecule has 0 unspecified atom stereocenters. The Hall–Kier alpha value is -6.14. The van der Waals surface area contributed by atoms with E-state index in [2.05, 4.69) is 116 Å². The highest BCUT2D eigenvalue weighted by Gasteiger charge is 2.11. The first-order valence-corrected chi connectivity index (χ1v) is 20.2. The van der Waals surface area contributed by atoms with Crippen molar-refractivity contribution in [3.63, 3.8) is 0 Å². The lowest BCUT2D eigenvalue weighted by Gasteiger charge is -2.11. The molecule has 6 aromatic rings. The van der Waals surface area contributed by atoms with E-state index in [0.717, 1.165) is 81.2 Å². The van der Waals surface area contributed by atoms with Crippen molar-refractivity contribution >= 4 is 45.6 Å². The van der Waals surface area contributed by atoms with Crippen molar-refractivity contribution in [2.75, 3.05) is 0 Å². The quantitative estimate of drug-likeness (QED) is 0.123. The van der Waals surface area contributed by atoms with Gasteiger partial charge < -0.3 is 0 Å². The van der Waals surface area contributed by atoms with Gasteiger partial charge in [-0.3, -0.25) is 20.0 Å². The Balaban J connectivity index is 1.11. The van der Waals surface area contributed by atoms with Crippen LogP contribution in [0.3, 0.4) is 0 Å². The first-order chi connectivity index (χ1) is 27.6. The van der Waals surface area contributed by atoms with Crippen molar-refractivity contribution < 1.29 is 0 Å². The molecule has 0 saturated heterocycles. The van der Waals surface area contributed by atoms with Crippen LogP contribution < -0.4 is 0 Å². The molecule has 0 bridgehead atoms. The van der Waals surface area contributed by atoms with E-state index in [4.69, 9.17) is 29.9 Å². The van der Waals surface area contributed by atoms with Crippen LogP contribution in [0.4, 0.5) is 22.7 Å². The molecule has 58 heavy (non-hydrogen) atoms. The molecular formula is C52H56N6. The van der Waals surface area contributed by atoms with Gasteiger partial charge in [0, 0.05) is 0 Å². The molecule has 4 aromatic carbocycles. The molecule has 0 atom stereocenters. The van der Waals surface area contributed by atoms with Gasteiger partial charge in [-0.25, -0.2) is 9.97 Å². The number of benzene rings is 4. The van der Waals surface area contributed by atoms with Crippen molar-refractivity contribution in [1.82, 2.24) is 9.97 Å². The number of aliphatic imine (C=N–C) groups is 4. The monoisotopic (exact) mass is 764 g/mol. The summed E-state index contributed by atoms with van der Waals surface area (Å²) >= 11 is 0. The van der Waals surface area contributed by atoms with Crippen molar-refractivity contribution in [1.29, 1.82) is 0 Å². The lowest BCUT2D eigenvalue weighted by atomic mass is 9.97. The zero-order valence-corrected chi connectivity index (χ0v) is 36.3. The Morgan fingerprint density at radius 2 is 0.690 bits per heavy atom. The molecule has 0 saturated carbocycles. The number of aryl methyl sites for hydroxylation is 10. The number of pyridine rings is 2. The lowest BCUT2D eigenvalue weighted by Crippen LogP contribution is -2.05. The molecule has 0 aliphatic rings.